The Balaban J connectivity index is 1.58. The normalized spacial score (nSPS) is 17.0. The van der Waals surface area contributed by atoms with Gasteiger partial charge in [-0.05, 0) is 50.5 Å². The van der Waals surface area contributed by atoms with Gasteiger partial charge in [0.1, 0.15) is 5.75 Å². The summed E-state index contributed by atoms with van der Waals surface area (Å²) in [5, 5.41) is 3.05. The van der Waals surface area contributed by atoms with E-state index < -0.39 is 0 Å². The van der Waals surface area contributed by atoms with Crippen molar-refractivity contribution in [3.63, 3.8) is 0 Å². The molecule has 1 aliphatic rings. The highest BCUT2D eigenvalue weighted by atomic mass is 16.5. The van der Waals surface area contributed by atoms with Crippen LogP contribution in [-0.2, 0) is 11.3 Å². The van der Waals surface area contributed by atoms with Crippen molar-refractivity contribution in [2.45, 2.75) is 33.2 Å². The summed E-state index contributed by atoms with van der Waals surface area (Å²) in [4.78, 5) is 23.8. The Hall–Kier alpha value is -2.63. The van der Waals surface area contributed by atoms with Crippen molar-refractivity contribution in [3.05, 3.63) is 47.3 Å². The Morgan fingerprint density at radius 3 is 2.58 bits per heavy atom. The summed E-state index contributed by atoms with van der Waals surface area (Å²) in [5.74, 6) is 1.60. The van der Waals surface area contributed by atoms with E-state index in [0.29, 0.717) is 13.1 Å². The van der Waals surface area contributed by atoms with Gasteiger partial charge in [0.05, 0.1) is 13.0 Å². The molecular formula is C20H26N4O2. The third-order valence-electron chi connectivity index (χ3n) is 4.67. The fourth-order valence-electron chi connectivity index (χ4n) is 3.30. The lowest BCUT2D eigenvalue weighted by Crippen LogP contribution is -2.43. The third-order valence-corrected chi connectivity index (χ3v) is 4.67. The summed E-state index contributed by atoms with van der Waals surface area (Å²) >= 11 is 0. The van der Waals surface area contributed by atoms with Crippen LogP contribution >= 0.6 is 0 Å². The number of rotatable bonds is 5. The van der Waals surface area contributed by atoms with Gasteiger partial charge in [-0.3, -0.25) is 4.79 Å². The molecule has 1 saturated heterocycles. The molecule has 0 unspecified atom stereocenters. The zero-order valence-electron chi connectivity index (χ0n) is 15.7. The smallest absolute Gasteiger partial charge is 0.225 e. The molecule has 1 amide bonds. The van der Waals surface area contributed by atoms with Gasteiger partial charge in [-0.2, -0.15) is 0 Å². The van der Waals surface area contributed by atoms with Crippen molar-refractivity contribution in [1.29, 1.82) is 0 Å². The molecular weight excluding hydrogens is 328 g/mol. The van der Waals surface area contributed by atoms with Crippen molar-refractivity contribution in [2.24, 2.45) is 5.92 Å². The average molecular weight is 354 g/mol. The van der Waals surface area contributed by atoms with Crippen LogP contribution in [0.2, 0.25) is 0 Å². The van der Waals surface area contributed by atoms with E-state index in [-0.39, 0.29) is 11.8 Å². The number of carbonyl (C=O) groups is 1. The highest BCUT2D eigenvalue weighted by molar-refractivity contribution is 5.79. The first-order valence-corrected chi connectivity index (χ1v) is 9.03. The van der Waals surface area contributed by atoms with Crippen molar-refractivity contribution < 1.29 is 9.53 Å². The molecule has 1 fully saturated rings. The van der Waals surface area contributed by atoms with Gasteiger partial charge in [0.2, 0.25) is 11.9 Å². The van der Waals surface area contributed by atoms with Crippen molar-refractivity contribution in [1.82, 2.24) is 15.3 Å². The van der Waals surface area contributed by atoms with Gasteiger partial charge >= 0.3 is 0 Å². The van der Waals surface area contributed by atoms with Crippen molar-refractivity contribution in [2.75, 3.05) is 25.1 Å². The number of aromatic nitrogens is 2. The summed E-state index contributed by atoms with van der Waals surface area (Å²) in [6, 6.07) is 9.71. The number of aryl methyl sites for hydroxylation is 2. The minimum absolute atomic E-state index is 0.0357. The monoisotopic (exact) mass is 354 g/mol. The molecule has 0 bridgehead atoms. The second-order valence-corrected chi connectivity index (χ2v) is 6.80. The first-order valence-electron chi connectivity index (χ1n) is 9.03. The first-order chi connectivity index (χ1) is 12.5. The van der Waals surface area contributed by atoms with Gasteiger partial charge in [-0.15, -0.1) is 0 Å². The largest absolute Gasteiger partial charge is 0.497 e. The lowest BCUT2D eigenvalue weighted by molar-refractivity contribution is -0.125. The fourth-order valence-corrected chi connectivity index (χ4v) is 3.30. The topological polar surface area (TPSA) is 67.3 Å². The number of methoxy groups -OCH3 is 1. The Morgan fingerprint density at radius 1 is 1.23 bits per heavy atom. The summed E-state index contributed by atoms with van der Waals surface area (Å²) in [6.45, 7) is 6.03. The van der Waals surface area contributed by atoms with E-state index in [1.165, 1.54) is 0 Å². The van der Waals surface area contributed by atoms with Gasteiger partial charge in [0, 0.05) is 31.0 Å². The molecule has 6 nitrogen and oxygen atoms in total. The number of hydrogen-bond acceptors (Lipinski definition) is 5. The van der Waals surface area contributed by atoms with E-state index >= 15 is 0 Å². The quantitative estimate of drug-likeness (QED) is 0.894. The number of hydrogen-bond donors (Lipinski definition) is 1. The number of ether oxygens (including phenoxy) is 1. The maximum Gasteiger partial charge on any atom is 0.225 e. The average Bonchev–Trinajstić information content (AvgIpc) is 2.66. The first kappa shape index (κ1) is 18.2. The van der Waals surface area contributed by atoms with Crippen LogP contribution in [0.1, 0.15) is 29.8 Å². The predicted octanol–water partition coefficient (Wildman–Crippen LogP) is 2.63. The van der Waals surface area contributed by atoms with E-state index in [1.54, 1.807) is 7.11 Å². The van der Waals surface area contributed by atoms with E-state index in [1.807, 2.05) is 44.2 Å². The predicted molar refractivity (Wildman–Crippen MR) is 101 cm³/mol. The molecule has 0 spiro atoms. The molecule has 0 aliphatic carbocycles. The van der Waals surface area contributed by atoms with E-state index in [2.05, 4.69) is 20.2 Å². The molecule has 1 N–H and O–H groups in total. The molecule has 0 saturated carbocycles. The van der Waals surface area contributed by atoms with Gasteiger partial charge in [-0.1, -0.05) is 12.1 Å². The standard InChI is InChI=1S/C20H26N4O2/c1-14-11-15(2)23-20(22-14)24-10-4-5-17(13-24)19(25)21-12-16-6-8-18(26-3)9-7-16/h6-9,11,17H,4-5,10,12-13H2,1-3H3,(H,21,25)/t17-/m0/s1. The van der Waals surface area contributed by atoms with Crippen molar-refractivity contribution >= 4 is 11.9 Å². The highest BCUT2D eigenvalue weighted by Gasteiger charge is 2.27. The zero-order valence-corrected chi connectivity index (χ0v) is 15.7. The number of nitrogens with one attached hydrogen (secondary N) is 1. The third kappa shape index (κ3) is 4.50. The number of piperidine rings is 1. The lowest BCUT2D eigenvalue weighted by atomic mass is 9.97. The molecule has 3 rings (SSSR count). The summed E-state index contributed by atoms with van der Waals surface area (Å²) in [6.07, 6.45) is 1.87. The maximum atomic E-state index is 12.6. The maximum absolute atomic E-state index is 12.6. The molecule has 2 heterocycles. The van der Waals surface area contributed by atoms with Crippen LogP contribution in [0.5, 0.6) is 5.75 Å². The molecule has 1 aromatic carbocycles. The second-order valence-electron chi connectivity index (χ2n) is 6.80. The van der Waals surface area contributed by atoms with Gasteiger partial charge in [0.25, 0.3) is 0 Å². The summed E-state index contributed by atoms with van der Waals surface area (Å²) in [7, 11) is 1.64. The van der Waals surface area contributed by atoms with E-state index in [9.17, 15) is 4.79 Å². The van der Waals surface area contributed by atoms with Crippen LogP contribution in [0, 0.1) is 19.8 Å². The van der Waals surface area contributed by atoms with Crippen LogP contribution in [-0.4, -0.2) is 36.1 Å². The minimum atomic E-state index is -0.0357. The minimum Gasteiger partial charge on any atom is -0.497 e. The van der Waals surface area contributed by atoms with Crippen LogP contribution in [0.3, 0.4) is 0 Å². The summed E-state index contributed by atoms with van der Waals surface area (Å²) in [5.41, 5.74) is 2.97. The van der Waals surface area contributed by atoms with E-state index in [4.69, 9.17) is 4.74 Å². The molecule has 138 valence electrons. The number of amides is 1. The second kappa shape index (κ2) is 8.17. The molecule has 1 aromatic heterocycles. The Bertz CT molecular complexity index is 741. The highest BCUT2D eigenvalue weighted by Crippen LogP contribution is 2.21. The van der Waals surface area contributed by atoms with Gasteiger partial charge in [-0.25, -0.2) is 9.97 Å². The lowest BCUT2D eigenvalue weighted by Gasteiger charge is -2.32. The van der Waals surface area contributed by atoms with Crippen LogP contribution in [0.25, 0.3) is 0 Å². The van der Waals surface area contributed by atoms with E-state index in [0.717, 1.165) is 48.0 Å². The number of anilines is 1. The molecule has 1 atom stereocenters. The molecule has 2 aromatic rings. The zero-order chi connectivity index (χ0) is 18.5. The van der Waals surface area contributed by atoms with Crippen LogP contribution < -0.4 is 15.0 Å². The number of nitrogens with zero attached hydrogens (tertiary/aromatic N) is 3. The Labute approximate surface area is 154 Å². The number of benzene rings is 1. The molecule has 1 aliphatic heterocycles. The fraction of sp³-hybridized carbons (Fsp3) is 0.450. The Morgan fingerprint density at radius 2 is 1.92 bits per heavy atom. The van der Waals surface area contributed by atoms with Crippen LogP contribution in [0.4, 0.5) is 5.95 Å². The van der Waals surface area contributed by atoms with Crippen LogP contribution in [0.15, 0.2) is 30.3 Å². The molecule has 0 radical (unpaired) electrons. The molecule has 6 heteroatoms. The SMILES string of the molecule is COc1ccc(CNC(=O)[C@H]2CCCN(c3nc(C)cc(C)n3)C2)cc1. The van der Waals surface area contributed by atoms with Gasteiger partial charge < -0.3 is 15.0 Å². The Kier molecular flexibility index (Phi) is 5.71. The van der Waals surface area contributed by atoms with Gasteiger partial charge in [0.15, 0.2) is 0 Å². The van der Waals surface area contributed by atoms with Crippen molar-refractivity contribution in [3.8, 4) is 5.75 Å². The summed E-state index contributed by atoms with van der Waals surface area (Å²) < 4.78 is 5.16. The molecule has 26 heavy (non-hydrogen) atoms. The number of carbonyl (C=O) groups excluding carboxylic acids is 1.